The Labute approximate surface area is 216 Å². The maximum absolute atomic E-state index is 13.9. The fraction of sp³-hybridized carbons (Fsp3) is 0.308. The molecular weight excluding hydrogens is 522 g/mol. The Morgan fingerprint density at radius 3 is 2.50 bits per heavy atom. The molecule has 1 atom stereocenters. The third-order valence-electron chi connectivity index (χ3n) is 6.71. The number of rotatable bonds is 5. The van der Waals surface area contributed by atoms with Gasteiger partial charge in [0.05, 0.1) is 24.7 Å². The molecule has 0 saturated carbocycles. The average molecular weight is 548 g/mol. The van der Waals surface area contributed by atoms with Crippen molar-refractivity contribution in [3.8, 4) is 6.07 Å². The summed E-state index contributed by atoms with van der Waals surface area (Å²) in [5, 5.41) is 9.51. The van der Waals surface area contributed by atoms with Gasteiger partial charge in [-0.1, -0.05) is 52.3 Å². The Bertz CT molecular complexity index is 1610. The zero-order valence-corrected chi connectivity index (χ0v) is 21.5. The number of nitrogens with two attached hydrogens (primary N) is 1. The van der Waals surface area contributed by atoms with Gasteiger partial charge in [-0.05, 0) is 36.1 Å². The van der Waals surface area contributed by atoms with Crippen LogP contribution in [0, 0.1) is 11.3 Å². The van der Waals surface area contributed by atoms with E-state index >= 15 is 0 Å². The van der Waals surface area contributed by atoms with E-state index in [0.717, 1.165) is 29.4 Å². The van der Waals surface area contributed by atoms with Crippen molar-refractivity contribution >= 4 is 33.0 Å². The summed E-state index contributed by atoms with van der Waals surface area (Å²) in [6.07, 6.45) is 1.86. The van der Waals surface area contributed by atoms with Crippen LogP contribution >= 0.6 is 15.9 Å². The minimum Gasteiger partial charge on any atom is -0.341 e. The van der Waals surface area contributed by atoms with Crippen molar-refractivity contribution in [3.05, 3.63) is 90.5 Å². The van der Waals surface area contributed by atoms with Gasteiger partial charge < -0.3 is 10.6 Å². The number of piperidine rings is 1. The number of anilines is 1. The fourth-order valence-corrected chi connectivity index (χ4v) is 5.23. The van der Waals surface area contributed by atoms with E-state index in [1.807, 2.05) is 28.8 Å². The van der Waals surface area contributed by atoms with E-state index in [-0.39, 0.29) is 12.6 Å². The van der Waals surface area contributed by atoms with Gasteiger partial charge in [0, 0.05) is 30.7 Å². The zero-order chi connectivity index (χ0) is 25.4. The lowest BCUT2D eigenvalue weighted by Crippen LogP contribution is -2.44. The van der Waals surface area contributed by atoms with Gasteiger partial charge in [0.25, 0.3) is 5.56 Å². The van der Waals surface area contributed by atoms with E-state index in [9.17, 15) is 14.9 Å². The molecule has 0 amide bonds. The van der Waals surface area contributed by atoms with Crippen LogP contribution in [-0.2, 0) is 20.1 Å². The molecule has 9 nitrogen and oxygen atoms in total. The van der Waals surface area contributed by atoms with E-state index in [1.54, 1.807) is 31.3 Å². The number of hydrogen-bond acceptors (Lipinski definition) is 6. The lowest BCUT2D eigenvalue weighted by molar-refractivity contribution is 0.495. The van der Waals surface area contributed by atoms with Crippen LogP contribution in [0.25, 0.3) is 11.2 Å². The molecule has 1 unspecified atom stereocenters. The van der Waals surface area contributed by atoms with Crippen LogP contribution in [-0.4, -0.2) is 37.8 Å². The number of hydrogen-bond donors (Lipinski definition) is 1. The first-order valence-corrected chi connectivity index (χ1v) is 12.6. The minimum absolute atomic E-state index is 0.00465. The molecule has 10 heteroatoms. The summed E-state index contributed by atoms with van der Waals surface area (Å²) in [6.45, 7) is 1.78. The molecule has 0 bridgehead atoms. The third kappa shape index (κ3) is 4.25. The van der Waals surface area contributed by atoms with Crippen LogP contribution < -0.4 is 21.9 Å². The molecule has 4 aromatic rings. The number of nitriles is 1. The molecule has 36 heavy (non-hydrogen) atoms. The van der Waals surface area contributed by atoms with Crippen molar-refractivity contribution in [2.45, 2.75) is 32.0 Å². The Hall–Kier alpha value is -3.68. The van der Waals surface area contributed by atoms with Crippen molar-refractivity contribution in [3.63, 3.8) is 0 Å². The highest BCUT2D eigenvalue weighted by molar-refractivity contribution is 9.10. The standard InChI is InChI=1S/C26H26BrN7O2/c1-31-23-22(24(35)34(26(31)36)14-18-8-3-2-7-17(18)13-28)33(15-19-9-4-5-11-21(19)27)25(30-23)32-12-6-10-20(29)16-32/h2-5,7-9,11,20H,6,10,12,14-16,29H2,1H3. The Morgan fingerprint density at radius 2 is 1.78 bits per heavy atom. The smallest absolute Gasteiger partial charge is 0.332 e. The van der Waals surface area contributed by atoms with E-state index in [2.05, 4.69) is 26.9 Å². The normalized spacial score (nSPS) is 15.8. The van der Waals surface area contributed by atoms with E-state index in [0.29, 0.717) is 41.3 Å². The number of fused-ring (bicyclic) bond motifs is 1. The van der Waals surface area contributed by atoms with Crippen LogP contribution in [0.5, 0.6) is 0 Å². The molecule has 1 fully saturated rings. The summed E-state index contributed by atoms with van der Waals surface area (Å²) in [5.74, 6) is 0.623. The molecule has 184 valence electrons. The summed E-state index contributed by atoms with van der Waals surface area (Å²) >= 11 is 3.62. The van der Waals surface area contributed by atoms with Crippen LogP contribution in [0.1, 0.15) is 29.5 Å². The first-order valence-electron chi connectivity index (χ1n) is 11.8. The molecule has 2 aromatic heterocycles. The zero-order valence-electron chi connectivity index (χ0n) is 19.9. The molecule has 5 rings (SSSR count). The summed E-state index contributed by atoms with van der Waals surface area (Å²) in [6, 6.07) is 17.0. The summed E-state index contributed by atoms with van der Waals surface area (Å²) in [5.41, 5.74) is 8.05. The Morgan fingerprint density at radius 1 is 1.08 bits per heavy atom. The van der Waals surface area contributed by atoms with Crippen molar-refractivity contribution in [1.29, 1.82) is 5.26 Å². The Balaban J connectivity index is 1.75. The largest absolute Gasteiger partial charge is 0.341 e. The average Bonchev–Trinajstić information content (AvgIpc) is 3.26. The predicted octanol–water partition coefficient (Wildman–Crippen LogP) is 2.55. The first kappa shape index (κ1) is 24.0. The first-order chi connectivity index (χ1) is 17.4. The number of halogens is 1. The van der Waals surface area contributed by atoms with Crippen LogP contribution in [0.2, 0.25) is 0 Å². The van der Waals surface area contributed by atoms with Gasteiger partial charge in [0.1, 0.15) is 0 Å². The number of aromatic nitrogens is 4. The van der Waals surface area contributed by atoms with Crippen molar-refractivity contribution < 1.29 is 0 Å². The second kappa shape index (κ2) is 9.76. The molecule has 1 saturated heterocycles. The molecule has 1 aliphatic rings. The van der Waals surface area contributed by atoms with E-state index in [4.69, 9.17) is 10.7 Å². The summed E-state index contributed by atoms with van der Waals surface area (Å²) in [4.78, 5) is 34.2. The molecule has 3 heterocycles. The molecule has 1 aliphatic heterocycles. The predicted molar refractivity (Wildman–Crippen MR) is 142 cm³/mol. The molecule has 0 spiro atoms. The monoisotopic (exact) mass is 547 g/mol. The van der Waals surface area contributed by atoms with Gasteiger partial charge in [-0.15, -0.1) is 0 Å². The van der Waals surface area contributed by atoms with Gasteiger partial charge in [-0.25, -0.2) is 4.79 Å². The van der Waals surface area contributed by atoms with Gasteiger partial charge >= 0.3 is 5.69 Å². The molecule has 2 N–H and O–H groups in total. The number of imidazole rings is 1. The van der Waals surface area contributed by atoms with Gasteiger partial charge in [-0.2, -0.15) is 10.2 Å². The number of nitrogens with zero attached hydrogens (tertiary/aromatic N) is 6. The van der Waals surface area contributed by atoms with Crippen molar-refractivity contribution in [1.82, 2.24) is 18.7 Å². The molecule has 2 aromatic carbocycles. The van der Waals surface area contributed by atoms with Gasteiger partial charge in [-0.3, -0.25) is 18.5 Å². The second-order valence-corrected chi connectivity index (χ2v) is 9.97. The van der Waals surface area contributed by atoms with Crippen molar-refractivity contribution in [2.75, 3.05) is 18.0 Å². The SMILES string of the molecule is Cn1c(=O)n(Cc2ccccc2C#N)c(=O)c2c1nc(N1CCCC(N)C1)n2Cc1ccccc1Br. The maximum Gasteiger partial charge on any atom is 0.332 e. The van der Waals surface area contributed by atoms with Crippen LogP contribution in [0.15, 0.2) is 62.6 Å². The highest BCUT2D eigenvalue weighted by atomic mass is 79.9. The van der Waals surface area contributed by atoms with Gasteiger partial charge in [0.15, 0.2) is 11.2 Å². The summed E-state index contributed by atoms with van der Waals surface area (Å²) < 4.78 is 5.40. The number of aryl methyl sites for hydroxylation is 1. The van der Waals surface area contributed by atoms with Gasteiger partial charge in [0.2, 0.25) is 5.95 Å². The lowest BCUT2D eigenvalue weighted by Gasteiger charge is -2.32. The third-order valence-corrected chi connectivity index (χ3v) is 7.48. The summed E-state index contributed by atoms with van der Waals surface area (Å²) in [7, 11) is 1.62. The molecule has 0 aliphatic carbocycles. The Kier molecular flexibility index (Phi) is 6.51. The van der Waals surface area contributed by atoms with Crippen LogP contribution in [0.3, 0.4) is 0 Å². The topological polar surface area (TPSA) is 115 Å². The fourth-order valence-electron chi connectivity index (χ4n) is 4.82. The van der Waals surface area contributed by atoms with Crippen molar-refractivity contribution in [2.24, 2.45) is 12.8 Å². The highest BCUT2D eigenvalue weighted by Gasteiger charge is 2.27. The van der Waals surface area contributed by atoms with E-state index in [1.165, 1.54) is 9.13 Å². The highest BCUT2D eigenvalue weighted by Crippen LogP contribution is 2.26. The second-order valence-electron chi connectivity index (χ2n) is 9.11. The van der Waals surface area contributed by atoms with Crippen LogP contribution in [0.4, 0.5) is 5.95 Å². The maximum atomic E-state index is 13.9. The quantitative estimate of drug-likeness (QED) is 0.410. The lowest BCUT2D eigenvalue weighted by atomic mass is 10.1. The van der Waals surface area contributed by atoms with E-state index < -0.39 is 11.2 Å². The number of benzene rings is 2. The minimum atomic E-state index is -0.479. The molecule has 0 radical (unpaired) electrons. The molecular formula is C26H26BrN7O2.